The fourth-order valence-electron chi connectivity index (χ4n) is 2.77. The highest BCUT2D eigenvalue weighted by molar-refractivity contribution is 5.88. The molecule has 0 aliphatic heterocycles. The van der Waals surface area contributed by atoms with Crippen molar-refractivity contribution in [2.75, 3.05) is 13.1 Å². The number of nitrogens with one attached hydrogen (secondary N) is 1. The molecular formula is C20H30NO+. The average Bonchev–Trinajstić information content (AvgIpc) is 2.50. The van der Waals surface area contributed by atoms with Crippen molar-refractivity contribution < 1.29 is 9.64 Å². The highest BCUT2D eigenvalue weighted by Gasteiger charge is 2.14. The van der Waals surface area contributed by atoms with Gasteiger partial charge in [-0.05, 0) is 51.0 Å². The molecule has 0 fully saturated rings. The monoisotopic (exact) mass is 300 g/mol. The Balaban J connectivity index is 2.34. The summed E-state index contributed by atoms with van der Waals surface area (Å²) in [5.74, 6) is 0. The quantitative estimate of drug-likeness (QED) is 0.861. The van der Waals surface area contributed by atoms with Crippen LogP contribution in [0.4, 0.5) is 0 Å². The number of ether oxygens (including phenoxy) is 1. The van der Waals surface area contributed by atoms with Gasteiger partial charge in [0.1, 0.15) is 6.54 Å². The molecule has 0 heterocycles. The van der Waals surface area contributed by atoms with E-state index in [4.69, 9.17) is 4.74 Å². The van der Waals surface area contributed by atoms with Crippen LogP contribution < -0.4 is 4.90 Å². The second kappa shape index (κ2) is 7.26. The Hall–Kier alpha value is -1.38. The van der Waals surface area contributed by atoms with Gasteiger partial charge in [-0.25, -0.2) is 0 Å². The molecule has 0 aromatic heterocycles. The summed E-state index contributed by atoms with van der Waals surface area (Å²) < 4.78 is 5.98. The number of fused-ring (bicyclic) bond motifs is 1. The van der Waals surface area contributed by atoms with Gasteiger partial charge in [0.2, 0.25) is 0 Å². The predicted molar refractivity (Wildman–Crippen MR) is 94.2 cm³/mol. The van der Waals surface area contributed by atoms with Gasteiger partial charge in [-0.2, -0.15) is 0 Å². The molecule has 0 saturated heterocycles. The number of benzene rings is 2. The van der Waals surface area contributed by atoms with Gasteiger partial charge in [-0.3, -0.25) is 0 Å². The van der Waals surface area contributed by atoms with Crippen molar-refractivity contribution in [3.05, 3.63) is 47.5 Å². The molecular weight excluding hydrogens is 270 g/mol. The summed E-state index contributed by atoms with van der Waals surface area (Å²) in [5.41, 5.74) is 2.61. The van der Waals surface area contributed by atoms with E-state index in [1.54, 1.807) is 4.90 Å². The summed E-state index contributed by atoms with van der Waals surface area (Å²) in [4.78, 5) is 1.61. The molecule has 2 heteroatoms. The van der Waals surface area contributed by atoms with Crippen molar-refractivity contribution in [3.8, 4) is 0 Å². The molecule has 0 unspecified atom stereocenters. The fraction of sp³-hybridized carbons (Fsp3) is 0.500. The first-order valence-corrected chi connectivity index (χ1v) is 8.41. The zero-order valence-corrected chi connectivity index (χ0v) is 14.7. The summed E-state index contributed by atoms with van der Waals surface area (Å²) >= 11 is 0. The molecule has 2 nitrogen and oxygen atoms in total. The van der Waals surface area contributed by atoms with E-state index in [0.29, 0.717) is 6.61 Å². The van der Waals surface area contributed by atoms with Crippen LogP contribution in [0.3, 0.4) is 0 Å². The lowest BCUT2D eigenvalue weighted by atomic mass is 9.99. The largest absolute Gasteiger partial charge is 0.371 e. The van der Waals surface area contributed by atoms with Crippen molar-refractivity contribution in [2.45, 2.75) is 53.4 Å². The second-order valence-electron chi connectivity index (χ2n) is 6.96. The Labute approximate surface area is 135 Å². The molecule has 2 aromatic rings. The van der Waals surface area contributed by atoms with Crippen LogP contribution in [0.1, 0.15) is 45.7 Å². The Morgan fingerprint density at radius 2 is 1.41 bits per heavy atom. The molecule has 22 heavy (non-hydrogen) atoms. The first-order chi connectivity index (χ1) is 10.4. The van der Waals surface area contributed by atoms with Crippen molar-refractivity contribution in [1.29, 1.82) is 0 Å². The summed E-state index contributed by atoms with van der Waals surface area (Å²) in [6.45, 7) is 14.9. The van der Waals surface area contributed by atoms with Gasteiger partial charge in [0.15, 0.2) is 0 Å². The van der Waals surface area contributed by atoms with Crippen molar-refractivity contribution in [3.63, 3.8) is 0 Å². The molecule has 0 saturated carbocycles. The van der Waals surface area contributed by atoms with Crippen LogP contribution in [-0.2, 0) is 17.9 Å². The van der Waals surface area contributed by atoms with Crippen LogP contribution in [0.2, 0.25) is 0 Å². The molecule has 120 valence electrons. The highest BCUT2D eigenvalue weighted by Crippen LogP contribution is 2.24. The van der Waals surface area contributed by atoms with Crippen LogP contribution in [0.25, 0.3) is 10.8 Å². The van der Waals surface area contributed by atoms with Crippen LogP contribution in [0.15, 0.2) is 36.4 Å². The lowest BCUT2D eigenvalue weighted by Gasteiger charge is -2.21. The maximum absolute atomic E-state index is 5.98. The summed E-state index contributed by atoms with van der Waals surface area (Å²) in [7, 11) is 0. The van der Waals surface area contributed by atoms with E-state index in [-0.39, 0.29) is 5.60 Å². The Bertz CT molecular complexity index is 609. The summed E-state index contributed by atoms with van der Waals surface area (Å²) in [6.07, 6.45) is 0. The van der Waals surface area contributed by atoms with Gasteiger partial charge in [-0.15, -0.1) is 0 Å². The molecule has 0 amide bonds. The number of hydrogen-bond acceptors (Lipinski definition) is 1. The molecule has 0 aliphatic rings. The van der Waals surface area contributed by atoms with Crippen LogP contribution in [-0.4, -0.2) is 18.7 Å². The van der Waals surface area contributed by atoms with E-state index in [9.17, 15) is 0 Å². The first-order valence-electron chi connectivity index (χ1n) is 8.41. The molecule has 0 aliphatic carbocycles. The van der Waals surface area contributed by atoms with Gasteiger partial charge in [0.05, 0.1) is 25.3 Å². The normalized spacial score (nSPS) is 12.3. The standard InChI is InChI=1S/C20H29NO/c1-6-21(7-2)14-16-12-13-17(15-22-20(3,4)5)19-11-9-8-10-18(16)19/h8-13H,6-7,14-15H2,1-5H3/p+1. The van der Waals surface area contributed by atoms with E-state index in [0.717, 1.165) is 6.54 Å². The second-order valence-corrected chi connectivity index (χ2v) is 6.96. The lowest BCUT2D eigenvalue weighted by Crippen LogP contribution is -3.10. The molecule has 0 bridgehead atoms. The van der Waals surface area contributed by atoms with E-state index >= 15 is 0 Å². The molecule has 0 spiro atoms. The third-order valence-electron chi connectivity index (χ3n) is 4.21. The topological polar surface area (TPSA) is 13.7 Å². The van der Waals surface area contributed by atoms with Gasteiger partial charge in [0.25, 0.3) is 0 Å². The van der Waals surface area contributed by atoms with Crippen LogP contribution in [0.5, 0.6) is 0 Å². The molecule has 0 radical (unpaired) electrons. The Kier molecular flexibility index (Phi) is 5.60. The fourth-order valence-corrected chi connectivity index (χ4v) is 2.77. The summed E-state index contributed by atoms with van der Waals surface area (Å²) in [6, 6.07) is 13.3. The van der Waals surface area contributed by atoms with Gasteiger partial charge >= 0.3 is 0 Å². The van der Waals surface area contributed by atoms with E-state index in [2.05, 4.69) is 71.0 Å². The molecule has 1 N–H and O–H groups in total. The lowest BCUT2D eigenvalue weighted by molar-refractivity contribution is -0.910. The Morgan fingerprint density at radius 1 is 0.864 bits per heavy atom. The van der Waals surface area contributed by atoms with E-state index in [1.165, 1.54) is 35.0 Å². The molecule has 2 rings (SSSR count). The van der Waals surface area contributed by atoms with Gasteiger partial charge < -0.3 is 9.64 Å². The SMILES string of the molecule is CC[NH+](CC)Cc1ccc(COC(C)(C)C)c2ccccc12. The average molecular weight is 300 g/mol. The third kappa shape index (κ3) is 4.31. The third-order valence-corrected chi connectivity index (χ3v) is 4.21. The maximum atomic E-state index is 5.98. The predicted octanol–water partition coefficient (Wildman–Crippen LogP) is 3.58. The van der Waals surface area contributed by atoms with Crippen molar-refractivity contribution >= 4 is 10.8 Å². The zero-order valence-electron chi connectivity index (χ0n) is 14.7. The van der Waals surface area contributed by atoms with Crippen LogP contribution in [0, 0.1) is 0 Å². The minimum absolute atomic E-state index is 0.106. The maximum Gasteiger partial charge on any atom is 0.103 e. The molecule has 2 aromatic carbocycles. The minimum Gasteiger partial charge on any atom is -0.371 e. The zero-order chi connectivity index (χ0) is 16.2. The first kappa shape index (κ1) is 17.0. The van der Waals surface area contributed by atoms with Crippen molar-refractivity contribution in [1.82, 2.24) is 0 Å². The molecule has 0 atom stereocenters. The van der Waals surface area contributed by atoms with Gasteiger partial charge in [0, 0.05) is 5.56 Å². The van der Waals surface area contributed by atoms with Crippen LogP contribution >= 0.6 is 0 Å². The van der Waals surface area contributed by atoms with E-state index in [1.807, 2.05) is 0 Å². The van der Waals surface area contributed by atoms with Gasteiger partial charge in [-0.1, -0.05) is 36.4 Å². The van der Waals surface area contributed by atoms with Crippen molar-refractivity contribution in [2.24, 2.45) is 0 Å². The smallest absolute Gasteiger partial charge is 0.103 e. The number of quaternary nitrogens is 1. The minimum atomic E-state index is -0.106. The number of rotatable bonds is 6. The highest BCUT2D eigenvalue weighted by atomic mass is 16.5. The summed E-state index contributed by atoms with van der Waals surface area (Å²) in [5, 5.41) is 2.70. The Morgan fingerprint density at radius 3 is 1.95 bits per heavy atom. The number of hydrogen-bond donors (Lipinski definition) is 1. The van der Waals surface area contributed by atoms with E-state index < -0.39 is 0 Å².